The molecule has 2 aliphatic carbocycles. The molecule has 0 amide bonds. The third-order valence-corrected chi connectivity index (χ3v) is 7.66. The molecule has 0 radical (unpaired) electrons. The van der Waals surface area contributed by atoms with Crippen molar-refractivity contribution in [1.29, 1.82) is 0 Å². The molecular weight excluding hydrogens is 402 g/mol. The van der Waals surface area contributed by atoms with Crippen LogP contribution in [0.4, 0.5) is 8.78 Å². The van der Waals surface area contributed by atoms with Gasteiger partial charge in [-0.15, -0.1) is 0 Å². The van der Waals surface area contributed by atoms with Crippen LogP contribution in [0.3, 0.4) is 0 Å². The van der Waals surface area contributed by atoms with Gasteiger partial charge < -0.3 is 0 Å². The quantitative estimate of drug-likeness (QED) is 0.466. The Morgan fingerprint density at radius 1 is 0.812 bits per heavy atom. The van der Waals surface area contributed by atoms with Crippen LogP contribution < -0.4 is 0 Å². The molecule has 2 aliphatic rings. The van der Waals surface area contributed by atoms with Gasteiger partial charge in [-0.05, 0) is 79.0 Å². The highest BCUT2D eigenvalue weighted by Gasteiger charge is 2.37. The summed E-state index contributed by atoms with van der Waals surface area (Å²) in [5.41, 5.74) is 6.03. The van der Waals surface area contributed by atoms with Crippen molar-refractivity contribution in [3.8, 4) is 0 Å². The maximum Gasteiger partial charge on any atom is 0.248 e. The fourth-order valence-electron chi connectivity index (χ4n) is 5.59. The molecule has 0 aromatic carbocycles. The highest BCUT2D eigenvalue weighted by atomic mass is 19.3. The van der Waals surface area contributed by atoms with Gasteiger partial charge in [0, 0.05) is 42.0 Å². The predicted molar refractivity (Wildman–Crippen MR) is 127 cm³/mol. The first-order valence-corrected chi connectivity index (χ1v) is 12.6. The minimum atomic E-state index is -2.49. The molecule has 2 atom stereocenters. The summed E-state index contributed by atoms with van der Waals surface area (Å²) >= 11 is 0. The van der Waals surface area contributed by atoms with Gasteiger partial charge in [0.25, 0.3) is 0 Å². The third-order valence-electron chi connectivity index (χ3n) is 7.66. The van der Waals surface area contributed by atoms with E-state index in [1.54, 1.807) is 0 Å². The van der Waals surface area contributed by atoms with E-state index in [1.165, 1.54) is 29.7 Å². The van der Waals surface area contributed by atoms with Gasteiger partial charge in [0.15, 0.2) is 0 Å². The van der Waals surface area contributed by atoms with E-state index >= 15 is 0 Å². The normalized spacial score (nSPS) is 24.2. The molecule has 32 heavy (non-hydrogen) atoms. The van der Waals surface area contributed by atoms with E-state index in [0.717, 1.165) is 24.2 Å². The summed E-state index contributed by atoms with van der Waals surface area (Å²) in [6.07, 6.45) is 7.80. The van der Waals surface area contributed by atoms with Gasteiger partial charge in [0.05, 0.1) is 0 Å². The summed E-state index contributed by atoms with van der Waals surface area (Å²) in [5.74, 6) is -0.578. The Balaban J connectivity index is 1.60. The lowest BCUT2D eigenvalue weighted by Crippen LogP contribution is -2.25. The lowest BCUT2D eigenvalue weighted by atomic mass is 9.73. The number of rotatable bonds is 5. The van der Waals surface area contributed by atoms with Gasteiger partial charge in [0.1, 0.15) is 0 Å². The monoisotopic (exact) mass is 440 g/mol. The van der Waals surface area contributed by atoms with Crippen molar-refractivity contribution < 1.29 is 8.78 Å². The Morgan fingerprint density at radius 3 is 2.09 bits per heavy atom. The predicted octanol–water partition coefficient (Wildman–Crippen LogP) is 8.46. The zero-order valence-electron chi connectivity index (χ0n) is 20.1. The molecule has 0 saturated heterocycles. The standard InChI is InChI=1S/C28H38F2N2/c1-18(2)25-10-8-23(17-31-25)21-6-5-7-22(16-21)27-24(9-11-26(32-27)19(3)4)20-12-14-28(29,30)15-13-20/h8-11,17-22H,5-7,12-16H2,1-4H3. The largest absolute Gasteiger partial charge is 0.261 e. The first-order chi connectivity index (χ1) is 15.2. The molecule has 0 N–H and O–H groups in total. The SMILES string of the molecule is CC(C)c1ccc(C2CCCC(c3nc(C(C)C)ccc3C3CCC(F)(F)CC3)C2)cn1. The molecule has 4 rings (SSSR count). The Bertz CT molecular complexity index is 894. The Hall–Kier alpha value is -1.84. The maximum atomic E-state index is 13.8. The molecular formula is C28H38F2N2. The first kappa shape index (κ1) is 23.3. The number of hydrogen-bond donors (Lipinski definition) is 0. The molecule has 0 bridgehead atoms. The lowest BCUT2D eigenvalue weighted by Gasteiger charge is -2.34. The molecule has 174 valence electrons. The number of pyridine rings is 2. The summed E-state index contributed by atoms with van der Waals surface area (Å²) in [5, 5.41) is 0. The van der Waals surface area contributed by atoms with E-state index in [-0.39, 0.29) is 18.8 Å². The molecule has 0 aliphatic heterocycles. The Kier molecular flexibility index (Phi) is 6.97. The van der Waals surface area contributed by atoms with Crippen LogP contribution in [-0.4, -0.2) is 15.9 Å². The van der Waals surface area contributed by atoms with Gasteiger partial charge in [-0.25, -0.2) is 8.78 Å². The van der Waals surface area contributed by atoms with E-state index in [9.17, 15) is 8.78 Å². The average Bonchev–Trinajstić information content (AvgIpc) is 2.79. The number of alkyl halides is 2. The van der Waals surface area contributed by atoms with Crippen LogP contribution in [0.5, 0.6) is 0 Å². The zero-order chi connectivity index (χ0) is 22.9. The number of aromatic nitrogens is 2. The topological polar surface area (TPSA) is 25.8 Å². The van der Waals surface area contributed by atoms with Crippen LogP contribution in [0.1, 0.15) is 137 Å². The van der Waals surface area contributed by atoms with Crippen molar-refractivity contribution in [1.82, 2.24) is 9.97 Å². The van der Waals surface area contributed by atoms with E-state index < -0.39 is 5.92 Å². The lowest BCUT2D eigenvalue weighted by molar-refractivity contribution is -0.0383. The van der Waals surface area contributed by atoms with E-state index in [0.29, 0.717) is 36.5 Å². The Labute approximate surface area is 192 Å². The van der Waals surface area contributed by atoms with Crippen LogP contribution >= 0.6 is 0 Å². The summed E-state index contributed by atoms with van der Waals surface area (Å²) in [6, 6.07) is 8.78. The fourth-order valence-corrected chi connectivity index (χ4v) is 5.59. The first-order valence-electron chi connectivity index (χ1n) is 12.6. The van der Waals surface area contributed by atoms with Gasteiger partial charge >= 0.3 is 0 Å². The third kappa shape index (κ3) is 5.21. The minimum Gasteiger partial charge on any atom is -0.261 e. The molecule has 2 heterocycles. The molecule has 2 fully saturated rings. The van der Waals surface area contributed by atoms with Crippen molar-refractivity contribution >= 4 is 0 Å². The van der Waals surface area contributed by atoms with Gasteiger partial charge in [-0.2, -0.15) is 0 Å². The van der Waals surface area contributed by atoms with Gasteiger partial charge in [0.2, 0.25) is 5.92 Å². The second kappa shape index (κ2) is 9.57. The van der Waals surface area contributed by atoms with Crippen LogP contribution in [0.2, 0.25) is 0 Å². The highest BCUT2D eigenvalue weighted by Crippen LogP contribution is 2.46. The van der Waals surface area contributed by atoms with Crippen molar-refractivity contribution in [3.63, 3.8) is 0 Å². The molecule has 0 spiro atoms. The van der Waals surface area contributed by atoms with Crippen LogP contribution in [0.15, 0.2) is 30.5 Å². The second-order valence-electron chi connectivity index (χ2n) is 10.7. The summed E-state index contributed by atoms with van der Waals surface area (Å²) in [7, 11) is 0. The number of nitrogens with zero attached hydrogens (tertiary/aromatic N) is 2. The van der Waals surface area contributed by atoms with Crippen LogP contribution in [0.25, 0.3) is 0 Å². The Morgan fingerprint density at radius 2 is 1.47 bits per heavy atom. The summed E-state index contributed by atoms with van der Waals surface area (Å²) < 4.78 is 27.6. The fraction of sp³-hybridized carbons (Fsp3) is 0.643. The summed E-state index contributed by atoms with van der Waals surface area (Å²) in [4.78, 5) is 9.88. The molecule has 2 unspecified atom stereocenters. The zero-order valence-corrected chi connectivity index (χ0v) is 20.1. The van der Waals surface area contributed by atoms with E-state index in [1.807, 2.05) is 0 Å². The molecule has 2 aromatic heterocycles. The molecule has 2 nitrogen and oxygen atoms in total. The van der Waals surface area contributed by atoms with Crippen molar-refractivity contribution in [2.24, 2.45) is 0 Å². The maximum absolute atomic E-state index is 13.8. The van der Waals surface area contributed by atoms with Crippen molar-refractivity contribution in [2.75, 3.05) is 0 Å². The molecule has 4 heteroatoms. The molecule has 2 aromatic rings. The second-order valence-corrected chi connectivity index (χ2v) is 10.7. The van der Waals surface area contributed by atoms with E-state index in [4.69, 9.17) is 9.97 Å². The van der Waals surface area contributed by atoms with Gasteiger partial charge in [-0.3, -0.25) is 9.97 Å². The number of halogens is 2. The average molecular weight is 441 g/mol. The molecule has 2 saturated carbocycles. The van der Waals surface area contributed by atoms with Crippen LogP contribution in [0, 0.1) is 0 Å². The van der Waals surface area contributed by atoms with Gasteiger partial charge in [-0.1, -0.05) is 46.2 Å². The van der Waals surface area contributed by atoms with Crippen molar-refractivity contribution in [3.05, 3.63) is 58.7 Å². The smallest absolute Gasteiger partial charge is 0.248 e. The van der Waals surface area contributed by atoms with Crippen molar-refractivity contribution in [2.45, 2.75) is 115 Å². The van der Waals surface area contributed by atoms with Crippen LogP contribution in [-0.2, 0) is 0 Å². The summed E-state index contributed by atoms with van der Waals surface area (Å²) in [6.45, 7) is 8.71. The highest BCUT2D eigenvalue weighted by molar-refractivity contribution is 5.32. The number of hydrogen-bond acceptors (Lipinski definition) is 2. The van der Waals surface area contributed by atoms with E-state index in [2.05, 4.69) is 58.2 Å². The minimum absolute atomic E-state index is 0.00417.